The minimum atomic E-state index is -0.295. The molecule has 1 spiro atoms. The number of morpholine rings is 1. The number of ether oxygens (including phenoxy) is 3. The fourth-order valence-corrected chi connectivity index (χ4v) is 3.52. The number of rotatable bonds is 2. The Kier molecular flexibility index (Phi) is 3.86. The lowest BCUT2D eigenvalue weighted by Crippen LogP contribution is -2.59. The third-order valence-electron chi connectivity index (χ3n) is 4.52. The van der Waals surface area contributed by atoms with Crippen molar-refractivity contribution >= 4 is 0 Å². The molecule has 0 amide bonds. The lowest BCUT2D eigenvalue weighted by atomic mass is 9.84. The molecule has 2 unspecified atom stereocenters. The molecule has 2 aliphatic heterocycles. The van der Waals surface area contributed by atoms with Crippen molar-refractivity contribution in [2.75, 3.05) is 46.6 Å². The van der Waals surface area contributed by atoms with Gasteiger partial charge in [-0.1, -0.05) is 0 Å². The van der Waals surface area contributed by atoms with Crippen LogP contribution >= 0.6 is 0 Å². The normalized spacial score (nSPS) is 37.2. The zero-order chi connectivity index (χ0) is 12.4. The summed E-state index contributed by atoms with van der Waals surface area (Å²) < 4.78 is 17.2. The highest BCUT2D eigenvalue weighted by molar-refractivity contribution is 4.96. The Balaban J connectivity index is 1.70. The minimum Gasteiger partial charge on any atom is -0.379 e. The molecule has 0 aromatic rings. The molecule has 3 aliphatic rings. The van der Waals surface area contributed by atoms with Crippen LogP contribution in [0.2, 0.25) is 0 Å². The van der Waals surface area contributed by atoms with E-state index in [1.165, 1.54) is 0 Å². The average Bonchev–Trinajstić information content (AvgIpc) is 2.88. The molecule has 3 fully saturated rings. The van der Waals surface area contributed by atoms with Crippen molar-refractivity contribution in [3.63, 3.8) is 0 Å². The van der Waals surface area contributed by atoms with Gasteiger partial charge in [-0.05, 0) is 13.5 Å². The molecule has 0 aromatic heterocycles. The van der Waals surface area contributed by atoms with Gasteiger partial charge in [-0.2, -0.15) is 0 Å². The molecule has 1 N–H and O–H groups in total. The van der Waals surface area contributed by atoms with E-state index in [0.29, 0.717) is 12.1 Å². The standard InChI is InChI=1S/C13H24N2O3/c1-14-11-2-3-13(17-8-9-18-13)10-12(11)15-4-6-16-7-5-15/h11-12,14H,2-10H2,1H3. The topological polar surface area (TPSA) is 43.0 Å². The molecule has 0 radical (unpaired) electrons. The van der Waals surface area contributed by atoms with Gasteiger partial charge in [0, 0.05) is 38.0 Å². The molecule has 18 heavy (non-hydrogen) atoms. The zero-order valence-corrected chi connectivity index (χ0v) is 11.2. The molecule has 1 saturated carbocycles. The van der Waals surface area contributed by atoms with Crippen molar-refractivity contribution in [1.29, 1.82) is 0 Å². The van der Waals surface area contributed by atoms with Gasteiger partial charge in [0.05, 0.1) is 26.4 Å². The molecule has 5 nitrogen and oxygen atoms in total. The van der Waals surface area contributed by atoms with E-state index >= 15 is 0 Å². The highest BCUT2D eigenvalue weighted by Gasteiger charge is 2.46. The van der Waals surface area contributed by atoms with Crippen LogP contribution in [0, 0.1) is 0 Å². The lowest BCUT2D eigenvalue weighted by molar-refractivity contribution is -0.195. The van der Waals surface area contributed by atoms with E-state index in [-0.39, 0.29) is 5.79 Å². The van der Waals surface area contributed by atoms with Gasteiger partial charge in [-0.25, -0.2) is 0 Å². The minimum absolute atomic E-state index is 0.295. The van der Waals surface area contributed by atoms with Crippen molar-refractivity contribution in [2.45, 2.75) is 37.1 Å². The van der Waals surface area contributed by atoms with Crippen LogP contribution in [0.4, 0.5) is 0 Å². The largest absolute Gasteiger partial charge is 0.379 e. The summed E-state index contributed by atoms with van der Waals surface area (Å²) in [6, 6.07) is 1.05. The van der Waals surface area contributed by atoms with Gasteiger partial charge in [-0.3, -0.25) is 4.90 Å². The second-order valence-electron chi connectivity index (χ2n) is 5.46. The van der Waals surface area contributed by atoms with Gasteiger partial charge in [0.1, 0.15) is 0 Å². The molecule has 2 atom stereocenters. The fourth-order valence-electron chi connectivity index (χ4n) is 3.52. The molecular formula is C13H24N2O3. The molecule has 104 valence electrons. The first kappa shape index (κ1) is 12.8. The van der Waals surface area contributed by atoms with Crippen LogP contribution in [0.15, 0.2) is 0 Å². The van der Waals surface area contributed by atoms with Crippen molar-refractivity contribution in [2.24, 2.45) is 0 Å². The first-order chi connectivity index (χ1) is 8.83. The number of hydrogen-bond donors (Lipinski definition) is 1. The summed E-state index contributed by atoms with van der Waals surface area (Å²) in [6.45, 7) is 5.25. The van der Waals surface area contributed by atoms with Crippen LogP contribution in [0.1, 0.15) is 19.3 Å². The SMILES string of the molecule is CNC1CCC2(CC1N1CCOCC1)OCCO2. The molecule has 2 saturated heterocycles. The quantitative estimate of drug-likeness (QED) is 0.764. The summed E-state index contributed by atoms with van der Waals surface area (Å²) in [5.74, 6) is -0.295. The Morgan fingerprint density at radius 3 is 2.50 bits per heavy atom. The maximum absolute atomic E-state index is 5.89. The van der Waals surface area contributed by atoms with E-state index < -0.39 is 0 Å². The van der Waals surface area contributed by atoms with E-state index in [1.54, 1.807) is 0 Å². The smallest absolute Gasteiger partial charge is 0.170 e. The maximum atomic E-state index is 5.89. The average molecular weight is 256 g/mol. The second-order valence-corrected chi connectivity index (χ2v) is 5.46. The molecule has 0 aromatic carbocycles. The van der Waals surface area contributed by atoms with Crippen LogP contribution in [-0.2, 0) is 14.2 Å². The molecule has 2 heterocycles. The molecule has 5 heteroatoms. The molecule has 3 rings (SSSR count). The van der Waals surface area contributed by atoms with Crippen molar-refractivity contribution in [3.8, 4) is 0 Å². The molecular weight excluding hydrogens is 232 g/mol. The second kappa shape index (κ2) is 5.43. The van der Waals surface area contributed by atoms with E-state index in [2.05, 4.69) is 17.3 Å². The Bertz CT molecular complexity index is 275. The van der Waals surface area contributed by atoms with Crippen molar-refractivity contribution in [1.82, 2.24) is 10.2 Å². The highest BCUT2D eigenvalue weighted by atomic mass is 16.7. The van der Waals surface area contributed by atoms with Crippen LogP contribution in [0.25, 0.3) is 0 Å². The predicted molar refractivity (Wildman–Crippen MR) is 67.5 cm³/mol. The Morgan fingerprint density at radius 1 is 1.11 bits per heavy atom. The van der Waals surface area contributed by atoms with Crippen LogP contribution in [-0.4, -0.2) is 69.3 Å². The Hall–Kier alpha value is -0.200. The van der Waals surface area contributed by atoms with Gasteiger partial charge in [0.25, 0.3) is 0 Å². The summed E-state index contributed by atoms with van der Waals surface area (Å²) >= 11 is 0. The third kappa shape index (κ3) is 2.42. The van der Waals surface area contributed by atoms with Gasteiger partial charge in [0.15, 0.2) is 5.79 Å². The van der Waals surface area contributed by atoms with Gasteiger partial charge < -0.3 is 19.5 Å². The van der Waals surface area contributed by atoms with Gasteiger partial charge in [0.2, 0.25) is 0 Å². The number of nitrogens with zero attached hydrogens (tertiary/aromatic N) is 1. The van der Waals surface area contributed by atoms with E-state index in [0.717, 1.165) is 58.8 Å². The third-order valence-corrected chi connectivity index (χ3v) is 4.52. The van der Waals surface area contributed by atoms with Crippen LogP contribution in [0.3, 0.4) is 0 Å². The zero-order valence-electron chi connectivity index (χ0n) is 11.2. The van der Waals surface area contributed by atoms with E-state index in [9.17, 15) is 0 Å². The van der Waals surface area contributed by atoms with E-state index in [1.807, 2.05) is 0 Å². The summed E-state index contributed by atoms with van der Waals surface area (Å²) in [4.78, 5) is 2.54. The van der Waals surface area contributed by atoms with Crippen molar-refractivity contribution < 1.29 is 14.2 Å². The summed E-state index contributed by atoms with van der Waals surface area (Å²) in [7, 11) is 2.06. The van der Waals surface area contributed by atoms with Crippen LogP contribution < -0.4 is 5.32 Å². The van der Waals surface area contributed by atoms with Crippen LogP contribution in [0.5, 0.6) is 0 Å². The highest BCUT2D eigenvalue weighted by Crippen LogP contribution is 2.37. The Labute approximate surface area is 109 Å². The predicted octanol–water partition coefficient (Wildman–Crippen LogP) is 0.202. The first-order valence-corrected chi connectivity index (χ1v) is 7.10. The fraction of sp³-hybridized carbons (Fsp3) is 1.00. The molecule has 1 aliphatic carbocycles. The first-order valence-electron chi connectivity index (χ1n) is 7.10. The summed E-state index contributed by atoms with van der Waals surface area (Å²) in [5, 5.41) is 3.46. The molecule has 0 bridgehead atoms. The summed E-state index contributed by atoms with van der Waals surface area (Å²) in [5.41, 5.74) is 0. The monoisotopic (exact) mass is 256 g/mol. The number of hydrogen-bond acceptors (Lipinski definition) is 5. The van der Waals surface area contributed by atoms with E-state index in [4.69, 9.17) is 14.2 Å². The number of nitrogens with one attached hydrogen (secondary N) is 1. The lowest BCUT2D eigenvalue weighted by Gasteiger charge is -2.46. The summed E-state index contributed by atoms with van der Waals surface area (Å²) in [6.07, 6.45) is 3.12. The maximum Gasteiger partial charge on any atom is 0.170 e. The Morgan fingerprint density at radius 2 is 1.83 bits per heavy atom. The van der Waals surface area contributed by atoms with Crippen molar-refractivity contribution in [3.05, 3.63) is 0 Å². The van der Waals surface area contributed by atoms with Gasteiger partial charge >= 0.3 is 0 Å². The number of likely N-dealkylation sites (N-methyl/N-ethyl adjacent to an activating group) is 1. The van der Waals surface area contributed by atoms with Gasteiger partial charge in [-0.15, -0.1) is 0 Å².